The fourth-order valence-corrected chi connectivity index (χ4v) is 9.66. The van der Waals surface area contributed by atoms with E-state index < -0.39 is 12.1 Å². The number of ether oxygens (including phenoxy) is 1. The summed E-state index contributed by atoms with van der Waals surface area (Å²) in [5.74, 6) is -0.0771. The Labute approximate surface area is 448 Å². The SMILES string of the molecule is CCCCC/C=C\C/C=C\CCCCCCCCCCCC(=O)OCCCCCCCCCC/C=C\CCCCCCCCCC(=O)NC(CO)C(O)/C=C/CCCCCCCCCCCCCCCCC. The molecule has 0 rings (SSSR count). The molecule has 0 saturated heterocycles. The topological polar surface area (TPSA) is 95.9 Å². The van der Waals surface area contributed by atoms with E-state index in [4.69, 9.17) is 4.74 Å². The number of allylic oxidation sites excluding steroid dienone is 7. The van der Waals surface area contributed by atoms with Gasteiger partial charge < -0.3 is 20.3 Å². The Morgan fingerprint density at radius 1 is 0.389 bits per heavy atom. The van der Waals surface area contributed by atoms with E-state index in [1.807, 2.05) is 6.08 Å². The van der Waals surface area contributed by atoms with Gasteiger partial charge in [0.25, 0.3) is 0 Å². The summed E-state index contributed by atoms with van der Waals surface area (Å²) < 4.78 is 5.49. The Balaban J connectivity index is 3.46. The average Bonchev–Trinajstić information content (AvgIpc) is 3.38. The van der Waals surface area contributed by atoms with Gasteiger partial charge in [-0.25, -0.2) is 0 Å². The van der Waals surface area contributed by atoms with Crippen LogP contribution in [0.5, 0.6) is 0 Å². The Morgan fingerprint density at radius 3 is 1.10 bits per heavy atom. The van der Waals surface area contributed by atoms with Gasteiger partial charge in [0.15, 0.2) is 0 Å². The van der Waals surface area contributed by atoms with Gasteiger partial charge in [-0.3, -0.25) is 9.59 Å². The number of nitrogens with one attached hydrogen (secondary N) is 1. The molecule has 6 heteroatoms. The van der Waals surface area contributed by atoms with Crippen LogP contribution in [0.2, 0.25) is 0 Å². The molecule has 2 unspecified atom stereocenters. The second-order valence-electron chi connectivity index (χ2n) is 21.7. The number of amides is 1. The van der Waals surface area contributed by atoms with Gasteiger partial charge in [0.1, 0.15) is 0 Å². The van der Waals surface area contributed by atoms with E-state index >= 15 is 0 Å². The molecular weight excluding hydrogens is 887 g/mol. The highest BCUT2D eigenvalue weighted by Gasteiger charge is 2.18. The van der Waals surface area contributed by atoms with Crippen molar-refractivity contribution in [2.24, 2.45) is 0 Å². The van der Waals surface area contributed by atoms with Gasteiger partial charge in [-0.1, -0.05) is 281 Å². The van der Waals surface area contributed by atoms with E-state index in [0.29, 0.717) is 19.4 Å². The van der Waals surface area contributed by atoms with E-state index in [-0.39, 0.29) is 18.5 Å². The van der Waals surface area contributed by atoms with Crippen molar-refractivity contribution in [3.63, 3.8) is 0 Å². The Morgan fingerprint density at radius 2 is 0.694 bits per heavy atom. The van der Waals surface area contributed by atoms with E-state index in [1.54, 1.807) is 6.08 Å². The fourth-order valence-electron chi connectivity index (χ4n) is 9.66. The summed E-state index contributed by atoms with van der Waals surface area (Å²) in [5.41, 5.74) is 0. The van der Waals surface area contributed by atoms with Crippen LogP contribution in [0.1, 0.15) is 335 Å². The first-order valence-corrected chi connectivity index (χ1v) is 31.9. The molecule has 0 spiro atoms. The molecule has 0 radical (unpaired) electrons. The van der Waals surface area contributed by atoms with E-state index in [2.05, 4.69) is 55.6 Å². The summed E-state index contributed by atoms with van der Waals surface area (Å²) in [6, 6.07) is -0.636. The highest BCUT2D eigenvalue weighted by Crippen LogP contribution is 2.17. The molecule has 0 aromatic heterocycles. The van der Waals surface area contributed by atoms with Crippen LogP contribution in [0.3, 0.4) is 0 Å². The van der Waals surface area contributed by atoms with Crippen molar-refractivity contribution < 1.29 is 24.5 Å². The monoisotopic (exact) mass is 1010 g/mol. The van der Waals surface area contributed by atoms with E-state index in [9.17, 15) is 19.8 Å². The standard InChI is InChI=1S/C66H123NO5/c1-3-5-7-9-11-13-15-17-19-21-23-28-32-36-40-44-48-52-56-60-66(71)72-61-57-53-49-45-41-37-33-29-25-22-24-27-31-35-39-43-47-51-55-59-65(70)67-63(62-68)64(69)58-54-50-46-42-38-34-30-26-20-18-16-14-12-10-8-6-4-2/h11,13,17,19,22,24,54,58,63-64,68-69H,3-10,12,14-16,18,20-21,23,25-53,55-57,59-62H2,1-2H3,(H,67,70)/b13-11-,19-17-,24-22-,58-54+. The fraction of sp³-hybridized carbons (Fsp3) is 0.848. The van der Waals surface area contributed by atoms with Gasteiger partial charge in [-0.05, 0) is 89.9 Å². The maximum Gasteiger partial charge on any atom is 0.305 e. The number of carbonyl (C=O) groups excluding carboxylic acids is 2. The summed E-state index contributed by atoms with van der Waals surface area (Å²) in [5, 5.41) is 23.2. The molecule has 0 aromatic carbocycles. The van der Waals surface area contributed by atoms with Gasteiger partial charge in [0, 0.05) is 12.8 Å². The lowest BCUT2D eigenvalue weighted by Gasteiger charge is -2.20. The minimum atomic E-state index is -0.852. The molecule has 0 saturated carbocycles. The second kappa shape index (κ2) is 61.4. The van der Waals surface area contributed by atoms with Crippen LogP contribution in [-0.2, 0) is 14.3 Å². The number of aliphatic hydroxyl groups is 2. The molecule has 2 atom stereocenters. The lowest BCUT2D eigenvalue weighted by Crippen LogP contribution is -2.45. The molecule has 0 fully saturated rings. The number of carbonyl (C=O) groups is 2. The number of hydrogen-bond acceptors (Lipinski definition) is 5. The summed E-state index contributed by atoms with van der Waals surface area (Å²) in [6.45, 7) is 4.88. The van der Waals surface area contributed by atoms with Crippen LogP contribution in [0.15, 0.2) is 48.6 Å². The molecular formula is C66H123NO5. The van der Waals surface area contributed by atoms with Crippen molar-refractivity contribution in [3.8, 4) is 0 Å². The van der Waals surface area contributed by atoms with E-state index in [1.165, 1.54) is 250 Å². The molecule has 0 aliphatic carbocycles. The van der Waals surface area contributed by atoms with Crippen LogP contribution in [-0.4, -0.2) is 47.4 Å². The molecule has 0 aliphatic rings. The van der Waals surface area contributed by atoms with Crippen LogP contribution in [0, 0.1) is 0 Å². The molecule has 0 bridgehead atoms. The predicted molar refractivity (Wildman–Crippen MR) is 315 cm³/mol. The smallest absolute Gasteiger partial charge is 0.305 e. The van der Waals surface area contributed by atoms with Gasteiger partial charge in [0.2, 0.25) is 5.91 Å². The highest BCUT2D eigenvalue weighted by molar-refractivity contribution is 5.76. The lowest BCUT2D eigenvalue weighted by molar-refractivity contribution is -0.143. The van der Waals surface area contributed by atoms with Crippen LogP contribution in [0.4, 0.5) is 0 Å². The average molecular weight is 1010 g/mol. The number of hydrogen-bond donors (Lipinski definition) is 3. The van der Waals surface area contributed by atoms with Crippen molar-refractivity contribution >= 4 is 11.9 Å². The third-order valence-corrected chi connectivity index (χ3v) is 14.6. The quantitative estimate of drug-likeness (QED) is 0.0320. The zero-order chi connectivity index (χ0) is 52.2. The molecule has 0 aliphatic heterocycles. The molecule has 6 nitrogen and oxygen atoms in total. The zero-order valence-corrected chi connectivity index (χ0v) is 48.2. The van der Waals surface area contributed by atoms with E-state index in [0.717, 1.165) is 57.8 Å². The Hall–Kier alpha value is -2.18. The summed E-state index contributed by atoms with van der Waals surface area (Å²) in [6.07, 6.45) is 78.6. The van der Waals surface area contributed by atoms with Gasteiger partial charge >= 0.3 is 5.97 Å². The number of rotatable bonds is 59. The summed E-state index contributed by atoms with van der Waals surface area (Å²) >= 11 is 0. The molecule has 0 heterocycles. The first-order chi connectivity index (χ1) is 35.5. The van der Waals surface area contributed by atoms with Crippen LogP contribution < -0.4 is 5.32 Å². The largest absolute Gasteiger partial charge is 0.466 e. The second-order valence-corrected chi connectivity index (χ2v) is 21.7. The number of esters is 1. The van der Waals surface area contributed by atoms with Gasteiger partial charge in [-0.15, -0.1) is 0 Å². The van der Waals surface area contributed by atoms with Crippen molar-refractivity contribution in [2.45, 2.75) is 347 Å². The van der Waals surface area contributed by atoms with Crippen LogP contribution in [0.25, 0.3) is 0 Å². The zero-order valence-electron chi connectivity index (χ0n) is 48.2. The van der Waals surface area contributed by atoms with Gasteiger partial charge in [-0.2, -0.15) is 0 Å². The highest BCUT2D eigenvalue weighted by atomic mass is 16.5. The maximum atomic E-state index is 12.5. The number of unbranched alkanes of at least 4 members (excludes halogenated alkanes) is 42. The van der Waals surface area contributed by atoms with Crippen molar-refractivity contribution in [2.75, 3.05) is 13.2 Å². The Kier molecular flexibility index (Phi) is 59.5. The lowest BCUT2D eigenvalue weighted by atomic mass is 10.0. The number of aliphatic hydroxyl groups excluding tert-OH is 2. The predicted octanol–water partition coefficient (Wildman–Crippen LogP) is 20.1. The molecule has 0 aromatic rings. The van der Waals surface area contributed by atoms with Crippen molar-refractivity contribution in [1.29, 1.82) is 0 Å². The molecule has 72 heavy (non-hydrogen) atoms. The third-order valence-electron chi connectivity index (χ3n) is 14.6. The maximum absolute atomic E-state index is 12.5. The first kappa shape index (κ1) is 69.8. The molecule has 1 amide bonds. The minimum Gasteiger partial charge on any atom is -0.466 e. The summed E-state index contributed by atoms with van der Waals surface area (Å²) in [4.78, 5) is 24.6. The normalized spacial score (nSPS) is 12.9. The minimum absolute atomic E-state index is 0.000656. The van der Waals surface area contributed by atoms with Gasteiger partial charge in [0.05, 0.1) is 25.4 Å². The third kappa shape index (κ3) is 57.1. The van der Waals surface area contributed by atoms with Crippen molar-refractivity contribution in [1.82, 2.24) is 5.32 Å². The molecule has 422 valence electrons. The van der Waals surface area contributed by atoms with Crippen LogP contribution >= 0.6 is 0 Å². The summed E-state index contributed by atoms with van der Waals surface area (Å²) in [7, 11) is 0. The molecule has 3 N–H and O–H groups in total. The Bertz CT molecular complexity index is 1210. The first-order valence-electron chi connectivity index (χ1n) is 31.9. The van der Waals surface area contributed by atoms with Crippen molar-refractivity contribution in [3.05, 3.63) is 48.6 Å².